The lowest BCUT2D eigenvalue weighted by Gasteiger charge is -2.37. The van der Waals surface area contributed by atoms with Gasteiger partial charge in [-0.05, 0) is 17.7 Å². The van der Waals surface area contributed by atoms with Crippen LogP contribution in [0, 0.1) is 5.41 Å². The molecule has 1 aliphatic heterocycles. The Morgan fingerprint density at radius 2 is 2.08 bits per heavy atom. The van der Waals surface area contributed by atoms with E-state index in [4.69, 9.17) is 11.6 Å². The fraction of sp³-hybridized carbons (Fsp3) is 0.529. The van der Waals surface area contributed by atoms with E-state index in [0.29, 0.717) is 18.1 Å². The molecular weight excluding hydrogens is 349 g/mol. The minimum Gasteiger partial charge on any atom is -0.347 e. The van der Waals surface area contributed by atoms with Crippen LogP contribution in [-0.4, -0.2) is 42.9 Å². The molecule has 1 aromatic carbocycles. The van der Waals surface area contributed by atoms with Crippen LogP contribution in [0.4, 0.5) is 0 Å². The molecule has 0 saturated carbocycles. The van der Waals surface area contributed by atoms with Gasteiger partial charge < -0.3 is 15.5 Å². The molecular formula is C17H25Cl2N3O2. The van der Waals surface area contributed by atoms with Gasteiger partial charge in [0.2, 0.25) is 11.8 Å². The zero-order valence-electron chi connectivity index (χ0n) is 14.3. The van der Waals surface area contributed by atoms with Crippen LogP contribution in [0.2, 0.25) is 5.02 Å². The zero-order valence-corrected chi connectivity index (χ0v) is 15.8. The van der Waals surface area contributed by atoms with E-state index in [0.717, 1.165) is 12.1 Å². The van der Waals surface area contributed by atoms with Crippen LogP contribution in [0.25, 0.3) is 0 Å². The molecule has 1 fully saturated rings. The van der Waals surface area contributed by atoms with Gasteiger partial charge in [-0.15, -0.1) is 12.4 Å². The Morgan fingerprint density at radius 3 is 2.71 bits per heavy atom. The molecule has 5 nitrogen and oxygen atoms in total. The standard InChI is InChI=1S/C17H24ClN3O2.ClH/c1-17(2,3)16(23)20-11-15(22)21-8-7-19-10-14(21)12-5-4-6-13(18)9-12;/h4-6,9,14,19H,7-8,10-11H2,1-3H3,(H,20,23);1H. The Balaban J connectivity index is 0.00000288. The first-order valence-electron chi connectivity index (χ1n) is 7.83. The second-order valence-corrected chi connectivity index (χ2v) is 7.23. The highest BCUT2D eigenvalue weighted by Crippen LogP contribution is 2.24. The molecule has 1 saturated heterocycles. The van der Waals surface area contributed by atoms with Crippen molar-refractivity contribution in [3.63, 3.8) is 0 Å². The van der Waals surface area contributed by atoms with E-state index in [2.05, 4.69) is 10.6 Å². The van der Waals surface area contributed by atoms with Crippen molar-refractivity contribution in [2.24, 2.45) is 5.41 Å². The van der Waals surface area contributed by atoms with Gasteiger partial charge in [-0.2, -0.15) is 0 Å². The van der Waals surface area contributed by atoms with Crippen molar-refractivity contribution >= 4 is 35.8 Å². The van der Waals surface area contributed by atoms with Crippen LogP contribution in [0.3, 0.4) is 0 Å². The lowest BCUT2D eigenvalue weighted by molar-refractivity contribution is -0.137. The van der Waals surface area contributed by atoms with Crippen LogP contribution < -0.4 is 10.6 Å². The summed E-state index contributed by atoms with van der Waals surface area (Å²) in [5, 5.41) is 6.68. The third-order valence-electron chi connectivity index (χ3n) is 3.88. The molecule has 1 aliphatic rings. The number of nitrogens with one attached hydrogen (secondary N) is 2. The number of amides is 2. The van der Waals surface area contributed by atoms with E-state index >= 15 is 0 Å². The average molecular weight is 374 g/mol. The third kappa shape index (κ3) is 5.36. The van der Waals surface area contributed by atoms with Gasteiger partial charge in [0, 0.05) is 30.1 Å². The predicted molar refractivity (Wildman–Crippen MR) is 98.5 cm³/mol. The number of benzene rings is 1. The van der Waals surface area contributed by atoms with Gasteiger partial charge in [0.1, 0.15) is 0 Å². The molecule has 1 atom stereocenters. The molecule has 0 bridgehead atoms. The van der Waals surface area contributed by atoms with E-state index < -0.39 is 5.41 Å². The summed E-state index contributed by atoms with van der Waals surface area (Å²) in [6, 6.07) is 7.49. The molecule has 7 heteroatoms. The second-order valence-electron chi connectivity index (χ2n) is 6.79. The average Bonchev–Trinajstić information content (AvgIpc) is 2.51. The third-order valence-corrected chi connectivity index (χ3v) is 4.11. The summed E-state index contributed by atoms with van der Waals surface area (Å²) < 4.78 is 0. The summed E-state index contributed by atoms with van der Waals surface area (Å²) in [4.78, 5) is 26.3. The first-order chi connectivity index (χ1) is 10.8. The number of carbonyl (C=O) groups is 2. The minimum absolute atomic E-state index is 0. The van der Waals surface area contributed by atoms with Crippen LogP contribution in [0.15, 0.2) is 24.3 Å². The molecule has 2 rings (SSSR count). The molecule has 0 aliphatic carbocycles. The van der Waals surface area contributed by atoms with Gasteiger partial charge in [0.15, 0.2) is 0 Å². The van der Waals surface area contributed by atoms with Crippen LogP contribution in [0.5, 0.6) is 0 Å². The zero-order chi connectivity index (χ0) is 17.0. The van der Waals surface area contributed by atoms with Gasteiger partial charge in [-0.25, -0.2) is 0 Å². The predicted octanol–water partition coefficient (Wildman–Crippen LogP) is 2.40. The second kappa shape index (κ2) is 8.70. The molecule has 0 aromatic heterocycles. The first-order valence-corrected chi connectivity index (χ1v) is 8.21. The summed E-state index contributed by atoms with van der Waals surface area (Å²) >= 11 is 6.06. The fourth-order valence-corrected chi connectivity index (χ4v) is 2.74. The highest BCUT2D eigenvalue weighted by molar-refractivity contribution is 6.30. The Morgan fingerprint density at radius 1 is 1.38 bits per heavy atom. The summed E-state index contributed by atoms with van der Waals surface area (Å²) in [6.45, 7) is 7.54. The molecule has 24 heavy (non-hydrogen) atoms. The number of piperazine rings is 1. The van der Waals surface area contributed by atoms with E-state index in [-0.39, 0.29) is 36.8 Å². The molecule has 2 N–H and O–H groups in total. The number of rotatable bonds is 3. The van der Waals surface area contributed by atoms with Gasteiger partial charge >= 0.3 is 0 Å². The molecule has 1 heterocycles. The summed E-state index contributed by atoms with van der Waals surface area (Å²) in [5.41, 5.74) is 0.496. The Hall–Kier alpha value is -1.30. The quantitative estimate of drug-likeness (QED) is 0.854. The largest absolute Gasteiger partial charge is 0.347 e. The van der Waals surface area contributed by atoms with Crippen molar-refractivity contribution in [3.8, 4) is 0 Å². The van der Waals surface area contributed by atoms with Gasteiger partial charge in [-0.1, -0.05) is 44.5 Å². The van der Waals surface area contributed by atoms with E-state index in [1.54, 1.807) is 0 Å². The van der Waals surface area contributed by atoms with Gasteiger partial charge in [-0.3, -0.25) is 9.59 Å². The lowest BCUT2D eigenvalue weighted by atomic mass is 9.96. The number of hydrogen-bond acceptors (Lipinski definition) is 3. The smallest absolute Gasteiger partial charge is 0.242 e. The van der Waals surface area contributed by atoms with Crippen molar-refractivity contribution in [3.05, 3.63) is 34.9 Å². The fourth-order valence-electron chi connectivity index (χ4n) is 2.54. The number of halogens is 2. The highest BCUT2D eigenvalue weighted by atomic mass is 35.5. The lowest BCUT2D eigenvalue weighted by Crippen LogP contribution is -2.52. The minimum atomic E-state index is -0.504. The van der Waals surface area contributed by atoms with Crippen LogP contribution >= 0.6 is 24.0 Å². The Kier molecular flexibility index (Phi) is 7.52. The summed E-state index contributed by atoms with van der Waals surface area (Å²) in [6.07, 6.45) is 0. The van der Waals surface area contributed by atoms with E-state index in [1.807, 2.05) is 49.9 Å². The maximum atomic E-state index is 12.5. The monoisotopic (exact) mass is 373 g/mol. The summed E-state index contributed by atoms with van der Waals surface area (Å²) in [5.74, 6) is -0.200. The molecule has 1 aromatic rings. The van der Waals surface area contributed by atoms with Crippen molar-refractivity contribution in [1.82, 2.24) is 15.5 Å². The van der Waals surface area contributed by atoms with E-state index in [1.165, 1.54) is 0 Å². The molecule has 1 unspecified atom stereocenters. The molecule has 0 radical (unpaired) electrons. The number of nitrogens with zero attached hydrogens (tertiary/aromatic N) is 1. The maximum Gasteiger partial charge on any atom is 0.242 e. The van der Waals surface area contributed by atoms with Gasteiger partial charge in [0.05, 0.1) is 12.6 Å². The maximum absolute atomic E-state index is 12.5. The molecule has 0 spiro atoms. The Labute approximate surface area is 154 Å². The van der Waals surface area contributed by atoms with Crippen LogP contribution in [0.1, 0.15) is 32.4 Å². The number of carbonyl (C=O) groups excluding carboxylic acids is 2. The van der Waals surface area contributed by atoms with E-state index in [9.17, 15) is 9.59 Å². The van der Waals surface area contributed by atoms with Crippen molar-refractivity contribution in [2.45, 2.75) is 26.8 Å². The summed E-state index contributed by atoms with van der Waals surface area (Å²) in [7, 11) is 0. The topological polar surface area (TPSA) is 61.4 Å². The highest BCUT2D eigenvalue weighted by Gasteiger charge is 2.29. The number of hydrogen-bond donors (Lipinski definition) is 2. The normalized spacial score (nSPS) is 17.8. The molecule has 2 amide bonds. The first kappa shape index (κ1) is 20.7. The SMILES string of the molecule is CC(C)(C)C(=O)NCC(=O)N1CCNCC1c1cccc(Cl)c1.Cl. The molecule has 134 valence electrons. The van der Waals surface area contributed by atoms with Crippen molar-refractivity contribution in [1.29, 1.82) is 0 Å². The Bertz CT molecular complexity index is 587. The van der Waals surface area contributed by atoms with Crippen molar-refractivity contribution in [2.75, 3.05) is 26.2 Å². The van der Waals surface area contributed by atoms with Gasteiger partial charge in [0.25, 0.3) is 0 Å². The van der Waals surface area contributed by atoms with Crippen molar-refractivity contribution < 1.29 is 9.59 Å². The van der Waals surface area contributed by atoms with Crippen LogP contribution in [-0.2, 0) is 9.59 Å².